The zero-order chi connectivity index (χ0) is 20.2. The Morgan fingerprint density at radius 3 is 2.97 bits per heavy atom. The molecule has 1 amide bonds. The van der Waals surface area contributed by atoms with Gasteiger partial charge in [0.25, 0.3) is 5.91 Å². The van der Waals surface area contributed by atoms with Gasteiger partial charge in [-0.15, -0.1) is 10.2 Å². The van der Waals surface area contributed by atoms with Gasteiger partial charge in [0.2, 0.25) is 5.13 Å². The highest BCUT2D eigenvalue weighted by molar-refractivity contribution is 7.18. The molecular formula is C20H19N5O3S. The number of carbonyl (C=O) groups excluding carboxylic acids is 1. The molecule has 9 heteroatoms. The van der Waals surface area contributed by atoms with Gasteiger partial charge in [-0.2, -0.15) is 0 Å². The van der Waals surface area contributed by atoms with Crippen LogP contribution in [0.3, 0.4) is 0 Å². The van der Waals surface area contributed by atoms with Crippen LogP contribution in [0, 0.1) is 0 Å². The third-order valence-electron chi connectivity index (χ3n) is 4.39. The molecule has 4 N–H and O–H groups in total. The molecule has 0 bridgehead atoms. The van der Waals surface area contributed by atoms with Crippen LogP contribution in [-0.2, 0) is 6.54 Å². The average Bonchev–Trinajstić information content (AvgIpc) is 3.41. The molecule has 1 unspecified atom stereocenters. The first-order valence-electron chi connectivity index (χ1n) is 9.03. The molecule has 1 aliphatic rings. The number of hydrogen-bond acceptors (Lipinski definition) is 8. The van der Waals surface area contributed by atoms with Crippen molar-refractivity contribution < 1.29 is 15.0 Å². The van der Waals surface area contributed by atoms with E-state index in [2.05, 4.69) is 25.8 Å². The van der Waals surface area contributed by atoms with Crippen LogP contribution in [0.15, 0.2) is 47.5 Å². The molecule has 3 aromatic rings. The van der Waals surface area contributed by atoms with E-state index in [0.717, 1.165) is 23.4 Å². The van der Waals surface area contributed by atoms with Crippen molar-refractivity contribution >= 4 is 34.3 Å². The first kappa shape index (κ1) is 19.2. The summed E-state index contributed by atoms with van der Waals surface area (Å²) in [6.07, 6.45) is 0.881. The van der Waals surface area contributed by atoms with Crippen LogP contribution in [0.25, 0.3) is 10.6 Å². The second-order valence-electron chi connectivity index (χ2n) is 6.55. The largest absolute Gasteiger partial charge is 0.394 e. The van der Waals surface area contributed by atoms with Crippen molar-refractivity contribution in [1.82, 2.24) is 15.5 Å². The fraction of sp³-hybridized carbons (Fsp3) is 0.200. The van der Waals surface area contributed by atoms with Crippen molar-refractivity contribution in [3.8, 4) is 10.6 Å². The molecule has 1 aromatic heterocycles. The first-order valence-corrected chi connectivity index (χ1v) is 9.85. The number of anilines is 2. The van der Waals surface area contributed by atoms with Crippen LogP contribution >= 0.6 is 11.3 Å². The number of hydrogen-bond donors (Lipinski definition) is 4. The van der Waals surface area contributed by atoms with Gasteiger partial charge in [-0.1, -0.05) is 29.5 Å². The highest BCUT2D eigenvalue weighted by atomic mass is 32.1. The van der Waals surface area contributed by atoms with E-state index < -0.39 is 12.7 Å². The highest BCUT2D eigenvalue weighted by Gasteiger charge is 2.13. The normalized spacial score (nSPS) is 13.2. The molecule has 29 heavy (non-hydrogen) atoms. The van der Waals surface area contributed by atoms with Gasteiger partial charge in [0.05, 0.1) is 19.3 Å². The number of rotatable bonds is 7. The predicted molar refractivity (Wildman–Crippen MR) is 112 cm³/mol. The Kier molecular flexibility index (Phi) is 5.61. The number of aliphatic imine (C=N–C) groups is 1. The molecule has 4 rings (SSSR count). The molecule has 0 radical (unpaired) electrons. The third-order valence-corrected chi connectivity index (χ3v) is 5.28. The summed E-state index contributed by atoms with van der Waals surface area (Å²) in [6, 6.07) is 13.1. The molecule has 2 aromatic carbocycles. The summed E-state index contributed by atoms with van der Waals surface area (Å²) in [4.78, 5) is 16.5. The molecule has 0 aliphatic carbocycles. The fourth-order valence-electron chi connectivity index (χ4n) is 2.86. The maximum absolute atomic E-state index is 12.2. The van der Waals surface area contributed by atoms with Crippen LogP contribution < -0.4 is 10.6 Å². The maximum Gasteiger partial charge on any atom is 0.251 e. The maximum atomic E-state index is 12.2. The molecule has 0 saturated carbocycles. The Balaban J connectivity index is 1.46. The van der Waals surface area contributed by atoms with E-state index in [-0.39, 0.29) is 12.5 Å². The molecule has 0 spiro atoms. The second kappa shape index (κ2) is 8.48. The van der Waals surface area contributed by atoms with Crippen LogP contribution in [0.5, 0.6) is 0 Å². The van der Waals surface area contributed by atoms with Gasteiger partial charge in [0.1, 0.15) is 5.01 Å². The van der Waals surface area contributed by atoms with Crippen LogP contribution in [-0.4, -0.2) is 51.8 Å². The number of carbonyl (C=O) groups is 1. The SMILES string of the molecule is O=C(NCC(O)CO)c1cccc(-c2nnc(Nc3ccc4c(c3)C=NC4)s2)c1. The van der Waals surface area contributed by atoms with Gasteiger partial charge in [-0.25, -0.2) is 0 Å². The van der Waals surface area contributed by atoms with Crippen molar-refractivity contribution in [2.24, 2.45) is 4.99 Å². The van der Waals surface area contributed by atoms with Crippen molar-refractivity contribution in [3.05, 3.63) is 59.2 Å². The molecular weight excluding hydrogens is 390 g/mol. The number of nitrogens with zero attached hydrogens (tertiary/aromatic N) is 3. The molecule has 0 saturated heterocycles. The zero-order valence-electron chi connectivity index (χ0n) is 15.4. The standard InChI is InChI=1S/C20H19N5O3S/c26-11-17(27)10-22-18(28)12-2-1-3-13(6-12)19-24-25-20(29-19)23-16-5-4-14-8-21-9-15(14)7-16/h1-7,9,17,26-27H,8,10-11H2,(H,22,28)(H,23,25). The van der Waals surface area contributed by atoms with Crippen LogP contribution in [0.4, 0.5) is 10.8 Å². The lowest BCUT2D eigenvalue weighted by molar-refractivity contribution is 0.0802. The van der Waals surface area contributed by atoms with E-state index in [1.54, 1.807) is 18.2 Å². The summed E-state index contributed by atoms with van der Waals surface area (Å²) in [5.41, 5.74) is 4.43. The molecule has 0 fully saturated rings. The van der Waals surface area contributed by atoms with E-state index in [1.165, 1.54) is 16.9 Å². The molecule has 1 aliphatic heterocycles. The van der Waals surface area contributed by atoms with Crippen molar-refractivity contribution in [2.75, 3.05) is 18.5 Å². The lowest BCUT2D eigenvalue weighted by Gasteiger charge is -2.09. The fourth-order valence-corrected chi connectivity index (χ4v) is 3.62. The summed E-state index contributed by atoms with van der Waals surface area (Å²) in [7, 11) is 0. The zero-order valence-corrected chi connectivity index (χ0v) is 16.2. The van der Waals surface area contributed by atoms with Crippen molar-refractivity contribution in [2.45, 2.75) is 12.6 Å². The highest BCUT2D eigenvalue weighted by Crippen LogP contribution is 2.29. The Morgan fingerprint density at radius 2 is 2.10 bits per heavy atom. The van der Waals surface area contributed by atoms with Gasteiger partial charge in [-0.05, 0) is 35.4 Å². The number of benzene rings is 2. The van der Waals surface area contributed by atoms with Gasteiger partial charge in [0, 0.05) is 29.6 Å². The monoisotopic (exact) mass is 409 g/mol. The van der Waals surface area contributed by atoms with Gasteiger partial charge < -0.3 is 20.8 Å². The van der Waals surface area contributed by atoms with Crippen LogP contribution in [0.1, 0.15) is 21.5 Å². The van der Waals surface area contributed by atoms with E-state index in [4.69, 9.17) is 5.11 Å². The summed E-state index contributed by atoms with van der Waals surface area (Å²) in [6.45, 7) is 0.303. The average molecular weight is 409 g/mol. The van der Waals surface area contributed by atoms with Crippen LogP contribution in [0.2, 0.25) is 0 Å². The Labute approximate surface area is 171 Å². The van der Waals surface area contributed by atoms with Crippen molar-refractivity contribution in [1.29, 1.82) is 0 Å². The van der Waals surface area contributed by atoms with Gasteiger partial charge in [-0.3, -0.25) is 9.79 Å². The number of aromatic nitrogens is 2. The summed E-state index contributed by atoms with van der Waals surface area (Å²) < 4.78 is 0. The Bertz CT molecular complexity index is 1070. The molecule has 2 heterocycles. The topological polar surface area (TPSA) is 120 Å². The smallest absolute Gasteiger partial charge is 0.251 e. The number of nitrogens with one attached hydrogen (secondary N) is 2. The summed E-state index contributed by atoms with van der Waals surface area (Å²) in [5, 5.41) is 33.8. The number of aliphatic hydroxyl groups is 2. The van der Waals surface area contributed by atoms with Gasteiger partial charge in [0.15, 0.2) is 0 Å². The number of aliphatic hydroxyl groups excluding tert-OH is 2. The lowest BCUT2D eigenvalue weighted by atomic mass is 10.1. The van der Waals surface area contributed by atoms with Crippen molar-refractivity contribution in [3.63, 3.8) is 0 Å². The quantitative estimate of drug-likeness (QED) is 0.474. The van der Waals surface area contributed by atoms with Gasteiger partial charge >= 0.3 is 0 Å². The summed E-state index contributed by atoms with van der Waals surface area (Å²) in [5.74, 6) is -0.331. The molecule has 1 atom stereocenters. The minimum Gasteiger partial charge on any atom is -0.394 e. The second-order valence-corrected chi connectivity index (χ2v) is 7.53. The minimum atomic E-state index is -0.982. The lowest BCUT2D eigenvalue weighted by Crippen LogP contribution is -2.33. The van der Waals surface area contributed by atoms with E-state index >= 15 is 0 Å². The number of amides is 1. The minimum absolute atomic E-state index is 0.0159. The van der Waals surface area contributed by atoms with E-state index in [9.17, 15) is 9.90 Å². The summed E-state index contributed by atoms with van der Waals surface area (Å²) >= 11 is 1.38. The Morgan fingerprint density at radius 1 is 1.21 bits per heavy atom. The number of fused-ring (bicyclic) bond motifs is 1. The molecule has 148 valence electrons. The Hall–Kier alpha value is -3.14. The first-order chi connectivity index (χ1) is 14.1. The third kappa shape index (κ3) is 4.48. The van der Waals surface area contributed by atoms with E-state index in [0.29, 0.717) is 15.7 Å². The van der Waals surface area contributed by atoms with E-state index in [1.807, 2.05) is 30.5 Å². The predicted octanol–water partition coefficient (Wildman–Crippen LogP) is 1.96. The molecule has 8 nitrogen and oxygen atoms in total.